The molecule has 2 aliphatic rings. The Kier molecular flexibility index (Phi) is 1.93. The zero-order chi connectivity index (χ0) is 10.5. The maximum atomic E-state index is 6.49. The van der Waals surface area contributed by atoms with Gasteiger partial charge in [0.2, 0.25) is 0 Å². The molecule has 1 aromatic rings. The molecule has 1 nitrogen and oxygen atoms in total. The lowest BCUT2D eigenvalue weighted by Gasteiger charge is -2.27. The highest BCUT2D eigenvalue weighted by atomic mass is 14.9. The first-order valence-electron chi connectivity index (χ1n) is 6.06. The van der Waals surface area contributed by atoms with Crippen molar-refractivity contribution in [3.8, 4) is 0 Å². The fourth-order valence-corrected chi connectivity index (χ4v) is 3.00. The lowest BCUT2D eigenvalue weighted by Crippen LogP contribution is -2.27. The fourth-order valence-electron chi connectivity index (χ4n) is 3.00. The summed E-state index contributed by atoms with van der Waals surface area (Å²) >= 11 is 0. The highest BCUT2D eigenvalue weighted by Gasteiger charge is 2.56. The van der Waals surface area contributed by atoms with Crippen LogP contribution in [0.3, 0.4) is 0 Å². The minimum atomic E-state index is 0.0249. The molecule has 15 heavy (non-hydrogen) atoms. The monoisotopic (exact) mass is 201 g/mol. The van der Waals surface area contributed by atoms with Gasteiger partial charge in [0.05, 0.1) is 0 Å². The zero-order valence-corrected chi connectivity index (χ0v) is 9.37. The van der Waals surface area contributed by atoms with Crippen molar-refractivity contribution >= 4 is 0 Å². The van der Waals surface area contributed by atoms with Crippen molar-refractivity contribution in [2.45, 2.75) is 38.1 Å². The van der Waals surface area contributed by atoms with Crippen molar-refractivity contribution in [1.82, 2.24) is 0 Å². The van der Waals surface area contributed by atoms with Crippen LogP contribution in [0.2, 0.25) is 0 Å². The van der Waals surface area contributed by atoms with E-state index in [-0.39, 0.29) is 5.54 Å². The Hall–Kier alpha value is -0.820. The number of rotatable bonds is 2. The number of hydrogen-bond acceptors (Lipinski definition) is 1. The van der Waals surface area contributed by atoms with Crippen LogP contribution >= 0.6 is 0 Å². The maximum Gasteiger partial charge on any atom is 0.0445 e. The highest BCUT2D eigenvalue weighted by Crippen LogP contribution is 2.58. The molecule has 80 valence electrons. The van der Waals surface area contributed by atoms with Crippen molar-refractivity contribution in [3.63, 3.8) is 0 Å². The van der Waals surface area contributed by atoms with Gasteiger partial charge >= 0.3 is 0 Å². The van der Waals surface area contributed by atoms with Crippen LogP contribution in [-0.2, 0) is 5.54 Å². The first-order chi connectivity index (χ1) is 7.20. The van der Waals surface area contributed by atoms with Gasteiger partial charge in [0.15, 0.2) is 0 Å². The molecule has 2 fully saturated rings. The minimum absolute atomic E-state index is 0.0249. The second-order valence-corrected chi connectivity index (χ2v) is 5.41. The molecule has 0 bridgehead atoms. The second kappa shape index (κ2) is 3.08. The summed E-state index contributed by atoms with van der Waals surface area (Å²) in [4.78, 5) is 0. The smallest absolute Gasteiger partial charge is 0.0445 e. The van der Waals surface area contributed by atoms with Crippen LogP contribution in [0.1, 0.15) is 36.8 Å². The predicted octanol–water partition coefficient (Wildman–Crippen LogP) is 2.97. The van der Waals surface area contributed by atoms with Crippen molar-refractivity contribution in [3.05, 3.63) is 35.4 Å². The van der Waals surface area contributed by atoms with Crippen LogP contribution in [0, 0.1) is 18.8 Å². The zero-order valence-electron chi connectivity index (χ0n) is 9.37. The average molecular weight is 201 g/mol. The molecule has 0 spiro atoms. The van der Waals surface area contributed by atoms with E-state index in [4.69, 9.17) is 5.73 Å². The molecule has 1 heteroatoms. The van der Waals surface area contributed by atoms with Crippen LogP contribution in [-0.4, -0.2) is 0 Å². The predicted molar refractivity (Wildman–Crippen MR) is 62.5 cm³/mol. The van der Waals surface area contributed by atoms with Crippen LogP contribution < -0.4 is 5.73 Å². The molecule has 1 aromatic carbocycles. The summed E-state index contributed by atoms with van der Waals surface area (Å²) in [6.45, 7) is 2.15. The third kappa shape index (κ3) is 1.41. The standard InChI is InChI=1S/C14H19N/c1-10-4-2-7-12(8-10)14(15)9-13(14)11-5-3-6-11/h2,4,7-8,11,13H,3,5-6,9,15H2,1H3. The molecule has 0 aliphatic heterocycles. The van der Waals surface area contributed by atoms with Gasteiger partial charge < -0.3 is 5.73 Å². The molecule has 0 aromatic heterocycles. The van der Waals surface area contributed by atoms with Gasteiger partial charge in [-0.1, -0.05) is 49.1 Å². The Bertz CT molecular complexity index is 381. The SMILES string of the molecule is Cc1cccc(C2(N)CC2C2CCC2)c1. The molecule has 0 radical (unpaired) electrons. The summed E-state index contributed by atoms with van der Waals surface area (Å²) in [5.41, 5.74) is 9.21. The first-order valence-corrected chi connectivity index (χ1v) is 6.06. The lowest BCUT2D eigenvalue weighted by molar-refractivity contribution is 0.258. The molecule has 3 rings (SSSR count). The van der Waals surface area contributed by atoms with Gasteiger partial charge in [-0.25, -0.2) is 0 Å². The van der Waals surface area contributed by atoms with Crippen molar-refractivity contribution < 1.29 is 0 Å². The van der Waals surface area contributed by atoms with Crippen LogP contribution in [0.25, 0.3) is 0 Å². The molecule has 0 amide bonds. The molecule has 2 atom stereocenters. The fraction of sp³-hybridized carbons (Fsp3) is 0.571. The molecule has 0 saturated heterocycles. The quantitative estimate of drug-likeness (QED) is 0.782. The summed E-state index contributed by atoms with van der Waals surface area (Å²) in [5, 5.41) is 0. The van der Waals surface area contributed by atoms with E-state index in [0.29, 0.717) is 0 Å². The van der Waals surface area contributed by atoms with E-state index >= 15 is 0 Å². The van der Waals surface area contributed by atoms with E-state index in [9.17, 15) is 0 Å². The van der Waals surface area contributed by atoms with Gasteiger partial charge in [-0.15, -0.1) is 0 Å². The van der Waals surface area contributed by atoms with Gasteiger partial charge in [-0.05, 0) is 30.7 Å². The Morgan fingerprint density at radius 2 is 2.13 bits per heavy atom. The number of nitrogens with two attached hydrogens (primary N) is 1. The Morgan fingerprint density at radius 3 is 2.73 bits per heavy atom. The van der Waals surface area contributed by atoms with Gasteiger partial charge in [-0.3, -0.25) is 0 Å². The van der Waals surface area contributed by atoms with Gasteiger partial charge in [-0.2, -0.15) is 0 Å². The summed E-state index contributed by atoms with van der Waals surface area (Å²) in [6.07, 6.45) is 5.46. The van der Waals surface area contributed by atoms with E-state index in [1.807, 2.05) is 0 Å². The first kappa shape index (κ1) is 9.41. The van der Waals surface area contributed by atoms with E-state index in [2.05, 4.69) is 31.2 Å². The molecule has 2 unspecified atom stereocenters. The van der Waals surface area contributed by atoms with Gasteiger partial charge in [0.25, 0.3) is 0 Å². The molecule has 2 aliphatic carbocycles. The summed E-state index contributed by atoms with van der Waals surface area (Å²) in [5.74, 6) is 1.70. The Balaban J connectivity index is 1.83. The highest BCUT2D eigenvalue weighted by molar-refractivity contribution is 5.35. The van der Waals surface area contributed by atoms with Crippen LogP contribution in [0.15, 0.2) is 24.3 Å². The van der Waals surface area contributed by atoms with E-state index < -0.39 is 0 Å². The molecule has 0 heterocycles. The van der Waals surface area contributed by atoms with Gasteiger partial charge in [0, 0.05) is 5.54 Å². The number of aryl methyl sites for hydroxylation is 1. The van der Waals surface area contributed by atoms with E-state index in [0.717, 1.165) is 11.8 Å². The summed E-state index contributed by atoms with van der Waals surface area (Å²) in [6, 6.07) is 8.74. The molecule has 2 saturated carbocycles. The third-order valence-electron chi connectivity index (χ3n) is 4.33. The minimum Gasteiger partial charge on any atom is -0.321 e. The van der Waals surface area contributed by atoms with Crippen LogP contribution in [0.5, 0.6) is 0 Å². The summed E-state index contributed by atoms with van der Waals surface area (Å²) in [7, 11) is 0. The normalized spacial score (nSPS) is 34.9. The third-order valence-corrected chi connectivity index (χ3v) is 4.33. The van der Waals surface area contributed by atoms with E-state index in [1.165, 1.54) is 36.8 Å². The average Bonchev–Trinajstić information content (AvgIpc) is 2.76. The van der Waals surface area contributed by atoms with Crippen molar-refractivity contribution in [2.24, 2.45) is 17.6 Å². The molecular weight excluding hydrogens is 182 g/mol. The maximum absolute atomic E-state index is 6.49. The lowest BCUT2D eigenvalue weighted by atomic mass is 9.79. The van der Waals surface area contributed by atoms with Crippen LogP contribution in [0.4, 0.5) is 0 Å². The Labute approximate surface area is 91.7 Å². The summed E-state index contributed by atoms with van der Waals surface area (Å²) < 4.78 is 0. The number of benzene rings is 1. The van der Waals surface area contributed by atoms with Crippen molar-refractivity contribution in [1.29, 1.82) is 0 Å². The Morgan fingerprint density at radius 1 is 1.33 bits per heavy atom. The number of hydrogen-bond donors (Lipinski definition) is 1. The van der Waals surface area contributed by atoms with Crippen molar-refractivity contribution in [2.75, 3.05) is 0 Å². The van der Waals surface area contributed by atoms with Gasteiger partial charge in [0.1, 0.15) is 0 Å². The largest absolute Gasteiger partial charge is 0.321 e. The van der Waals surface area contributed by atoms with E-state index in [1.54, 1.807) is 0 Å². The topological polar surface area (TPSA) is 26.0 Å². The molecular formula is C14H19N. The molecule has 2 N–H and O–H groups in total. The second-order valence-electron chi connectivity index (χ2n) is 5.41.